The molecule has 0 aliphatic heterocycles. The van der Waals surface area contributed by atoms with Gasteiger partial charge in [0.2, 0.25) is 0 Å². The molecule has 1 aliphatic carbocycles. The maximum Gasteiger partial charge on any atom is 0.167 e. The summed E-state index contributed by atoms with van der Waals surface area (Å²) < 4.78 is 5.18. The first-order valence-electron chi connectivity index (χ1n) is 5.40. The summed E-state index contributed by atoms with van der Waals surface area (Å²) in [6, 6.07) is 6.14. The molecule has 0 spiro atoms. The first kappa shape index (κ1) is 8.92. The number of hydrogen-bond donors (Lipinski definition) is 1. The van der Waals surface area contributed by atoms with Crippen molar-refractivity contribution in [2.75, 3.05) is 6.54 Å². The number of nitrogens with zero attached hydrogens (tertiary/aromatic N) is 1. The van der Waals surface area contributed by atoms with Gasteiger partial charge in [0, 0.05) is 17.3 Å². The van der Waals surface area contributed by atoms with Crippen LogP contribution in [0.25, 0.3) is 11.0 Å². The summed E-state index contributed by atoms with van der Waals surface area (Å²) in [5.74, 6) is 0. The SMILES string of the molecule is NCC1(c2cccc3oncc23)CCC1. The summed E-state index contributed by atoms with van der Waals surface area (Å²) in [5.41, 5.74) is 8.28. The van der Waals surface area contributed by atoms with Crippen LogP contribution in [-0.4, -0.2) is 11.7 Å². The molecule has 2 N–H and O–H groups in total. The Morgan fingerprint density at radius 2 is 2.27 bits per heavy atom. The van der Waals surface area contributed by atoms with Crippen molar-refractivity contribution in [3.63, 3.8) is 0 Å². The molecular weight excluding hydrogens is 188 g/mol. The highest BCUT2D eigenvalue weighted by molar-refractivity contribution is 5.81. The molecule has 1 aliphatic rings. The van der Waals surface area contributed by atoms with Crippen LogP contribution in [0, 0.1) is 0 Å². The third-order valence-electron chi connectivity index (χ3n) is 3.67. The van der Waals surface area contributed by atoms with Crippen molar-refractivity contribution in [2.24, 2.45) is 5.73 Å². The second-order valence-electron chi connectivity index (χ2n) is 4.38. The molecule has 1 aromatic heterocycles. The van der Waals surface area contributed by atoms with E-state index in [9.17, 15) is 0 Å². The Labute approximate surface area is 88.2 Å². The van der Waals surface area contributed by atoms with E-state index in [1.165, 1.54) is 24.8 Å². The van der Waals surface area contributed by atoms with Gasteiger partial charge in [-0.2, -0.15) is 0 Å². The van der Waals surface area contributed by atoms with Crippen molar-refractivity contribution in [1.29, 1.82) is 0 Å². The Morgan fingerprint density at radius 1 is 1.40 bits per heavy atom. The zero-order chi connectivity index (χ0) is 10.3. The predicted molar refractivity (Wildman–Crippen MR) is 58.6 cm³/mol. The van der Waals surface area contributed by atoms with Crippen LogP contribution >= 0.6 is 0 Å². The Morgan fingerprint density at radius 3 is 2.93 bits per heavy atom. The normalized spacial score (nSPS) is 19.0. The number of aromatic nitrogens is 1. The molecule has 0 bridgehead atoms. The highest BCUT2D eigenvalue weighted by Crippen LogP contribution is 2.45. The lowest BCUT2D eigenvalue weighted by Gasteiger charge is -2.41. The lowest BCUT2D eigenvalue weighted by molar-refractivity contribution is 0.255. The molecule has 0 unspecified atom stereocenters. The van der Waals surface area contributed by atoms with Gasteiger partial charge in [-0.15, -0.1) is 0 Å². The molecule has 1 saturated carbocycles. The summed E-state index contributed by atoms with van der Waals surface area (Å²) in [4.78, 5) is 0. The van der Waals surface area contributed by atoms with Gasteiger partial charge in [0.05, 0.1) is 6.20 Å². The molecule has 2 aromatic rings. The Bertz CT molecular complexity index is 480. The van der Waals surface area contributed by atoms with Crippen molar-refractivity contribution in [2.45, 2.75) is 24.7 Å². The van der Waals surface area contributed by atoms with Crippen LogP contribution in [0.4, 0.5) is 0 Å². The molecule has 3 rings (SSSR count). The van der Waals surface area contributed by atoms with E-state index in [-0.39, 0.29) is 5.41 Å². The van der Waals surface area contributed by atoms with Crippen LogP contribution in [0.3, 0.4) is 0 Å². The molecule has 78 valence electrons. The highest BCUT2D eigenvalue weighted by atomic mass is 16.5. The Kier molecular flexibility index (Phi) is 1.83. The van der Waals surface area contributed by atoms with Crippen LogP contribution in [0.15, 0.2) is 28.9 Å². The Hall–Kier alpha value is -1.35. The number of benzene rings is 1. The topological polar surface area (TPSA) is 52.0 Å². The minimum atomic E-state index is 0.186. The molecule has 3 heteroatoms. The van der Waals surface area contributed by atoms with Crippen LogP contribution in [0.5, 0.6) is 0 Å². The zero-order valence-electron chi connectivity index (χ0n) is 8.57. The van der Waals surface area contributed by atoms with Crippen LogP contribution in [-0.2, 0) is 5.41 Å². The highest BCUT2D eigenvalue weighted by Gasteiger charge is 2.38. The summed E-state index contributed by atoms with van der Waals surface area (Å²) in [6.07, 6.45) is 5.46. The lowest BCUT2D eigenvalue weighted by atomic mass is 9.64. The number of rotatable bonds is 2. The van der Waals surface area contributed by atoms with E-state index in [2.05, 4.69) is 11.2 Å². The van der Waals surface area contributed by atoms with Crippen LogP contribution in [0.2, 0.25) is 0 Å². The third kappa shape index (κ3) is 1.13. The van der Waals surface area contributed by atoms with Crippen molar-refractivity contribution < 1.29 is 4.52 Å². The van der Waals surface area contributed by atoms with E-state index < -0.39 is 0 Å². The molecule has 15 heavy (non-hydrogen) atoms. The molecule has 0 saturated heterocycles. The molecule has 0 amide bonds. The minimum Gasteiger partial charge on any atom is -0.356 e. The summed E-state index contributed by atoms with van der Waals surface area (Å²) >= 11 is 0. The van der Waals surface area contributed by atoms with E-state index in [1.54, 1.807) is 6.20 Å². The molecule has 0 radical (unpaired) electrons. The van der Waals surface area contributed by atoms with Crippen LogP contribution in [0.1, 0.15) is 24.8 Å². The van der Waals surface area contributed by atoms with Crippen molar-refractivity contribution in [3.05, 3.63) is 30.0 Å². The summed E-state index contributed by atoms with van der Waals surface area (Å²) in [5, 5.41) is 4.98. The monoisotopic (exact) mass is 202 g/mol. The average Bonchev–Trinajstić information content (AvgIpc) is 2.65. The number of fused-ring (bicyclic) bond motifs is 1. The molecule has 1 heterocycles. The van der Waals surface area contributed by atoms with Gasteiger partial charge in [-0.05, 0) is 24.5 Å². The smallest absolute Gasteiger partial charge is 0.167 e. The molecule has 1 aromatic carbocycles. The van der Waals surface area contributed by atoms with E-state index in [0.717, 1.165) is 17.5 Å². The third-order valence-corrected chi connectivity index (χ3v) is 3.67. The van der Waals surface area contributed by atoms with Gasteiger partial charge in [-0.1, -0.05) is 23.7 Å². The van der Waals surface area contributed by atoms with E-state index in [0.29, 0.717) is 0 Å². The Balaban J connectivity index is 2.21. The predicted octanol–water partition coefficient (Wildman–Crippen LogP) is 2.21. The standard InChI is InChI=1S/C12H14N2O/c13-8-12(5-2-6-12)10-3-1-4-11-9(10)7-14-15-11/h1,3-4,7H,2,5-6,8,13H2. The summed E-state index contributed by atoms with van der Waals surface area (Å²) in [7, 11) is 0. The second-order valence-corrected chi connectivity index (χ2v) is 4.38. The average molecular weight is 202 g/mol. The first-order valence-corrected chi connectivity index (χ1v) is 5.40. The number of hydrogen-bond acceptors (Lipinski definition) is 3. The van der Waals surface area contributed by atoms with Crippen LogP contribution < -0.4 is 5.73 Å². The fourth-order valence-corrected chi connectivity index (χ4v) is 2.54. The van der Waals surface area contributed by atoms with Crippen molar-refractivity contribution in [3.8, 4) is 0 Å². The van der Waals surface area contributed by atoms with Crippen molar-refractivity contribution >= 4 is 11.0 Å². The van der Waals surface area contributed by atoms with E-state index in [4.69, 9.17) is 10.3 Å². The van der Waals surface area contributed by atoms with Gasteiger partial charge in [0.25, 0.3) is 0 Å². The van der Waals surface area contributed by atoms with Gasteiger partial charge < -0.3 is 10.3 Å². The van der Waals surface area contributed by atoms with Gasteiger partial charge >= 0.3 is 0 Å². The fourth-order valence-electron chi connectivity index (χ4n) is 2.54. The van der Waals surface area contributed by atoms with Gasteiger partial charge in [0.15, 0.2) is 5.58 Å². The maximum atomic E-state index is 5.91. The maximum absolute atomic E-state index is 5.91. The molecule has 1 fully saturated rings. The number of nitrogens with two attached hydrogens (primary N) is 1. The van der Waals surface area contributed by atoms with Crippen molar-refractivity contribution in [1.82, 2.24) is 5.16 Å². The zero-order valence-corrected chi connectivity index (χ0v) is 8.57. The molecular formula is C12H14N2O. The van der Waals surface area contributed by atoms with E-state index >= 15 is 0 Å². The van der Waals surface area contributed by atoms with Gasteiger partial charge in [0.1, 0.15) is 0 Å². The quantitative estimate of drug-likeness (QED) is 0.812. The molecule has 3 nitrogen and oxygen atoms in total. The molecule has 0 atom stereocenters. The minimum absolute atomic E-state index is 0.186. The first-order chi connectivity index (χ1) is 7.36. The summed E-state index contributed by atoms with van der Waals surface area (Å²) in [6.45, 7) is 0.720. The largest absolute Gasteiger partial charge is 0.356 e. The lowest BCUT2D eigenvalue weighted by Crippen LogP contribution is -2.41. The van der Waals surface area contributed by atoms with Gasteiger partial charge in [-0.3, -0.25) is 0 Å². The van der Waals surface area contributed by atoms with E-state index in [1.807, 2.05) is 12.1 Å². The van der Waals surface area contributed by atoms with Gasteiger partial charge in [-0.25, -0.2) is 0 Å². The fraction of sp³-hybridized carbons (Fsp3) is 0.417. The second kappa shape index (κ2) is 3.07.